The summed E-state index contributed by atoms with van der Waals surface area (Å²) in [5, 5.41) is 3.01. The zero-order valence-corrected chi connectivity index (χ0v) is 21.2. The van der Waals surface area contributed by atoms with Crippen molar-refractivity contribution in [3.63, 3.8) is 0 Å². The Balaban J connectivity index is 1.29. The Morgan fingerprint density at radius 3 is 2.39 bits per heavy atom. The lowest BCUT2D eigenvalue weighted by Crippen LogP contribution is -2.28. The van der Waals surface area contributed by atoms with Crippen molar-refractivity contribution in [2.45, 2.75) is 58.4 Å². The summed E-state index contributed by atoms with van der Waals surface area (Å²) >= 11 is 0. The second kappa shape index (κ2) is 9.81. The molecule has 2 aliphatic rings. The molecule has 3 aromatic carbocycles. The van der Waals surface area contributed by atoms with Gasteiger partial charge in [-0.15, -0.1) is 0 Å². The molecular weight excluding hydrogens is 450 g/mol. The normalized spacial score (nSPS) is 15.9. The van der Waals surface area contributed by atoms with E-state index in [0.29, 0.717) is 13.0 Å². The lowest BCUT2D eigenvalue weighted by atomic mass is 9.87. The SMILES string of the molecule is CCC(C)C(=O)NCc1ccc(-c2cc(CC(=O)C3(c4ccc5c(c4)OCO5)CC3)ccc2C)cc1. The summed E-state index contributed by atoms with van der Waals surface area (Å²) in [7, 11) is 0. The highest BCUT2D eigenvalue weighted by molar-refractivity contribution is 5.95. The van der Waals surface area contributed by atoms with E-state index in [4.69, 9.17) is 9.47 Å². The molecule has 186 valence electrons. The maximum atomic E-state index is 13.5. The Hall–Kier alpha value is -3.60. The average Bonchev–Trinajstić information content (AvgIpc) is 3.59. The van der Waals surface area contributed by atoms with Crippen molar-refractivity contribution in [2.75, 3.05) is 6.79 Å². The second-order valence-corrected chi connectivity index (χ2v) is 10.1. The number of nitrogens with one attached hydrogen (secondary N) is 1. The van der Waals surface area contributed by atoms with Crippen molar-refractivity contribution >= 4 is 11.7 Å². The number of rotatable bonds is 9. The van der Waals surface area contributed by atoms with Crippen molar-refractivity contribution in [1.29, 1.82) is 0 Å². The number of ether oxygens (including phenoxy) is 2. The van der Waals surface area contributed by atoms with Gasteiger partial charge in [-0.3, -0.25) is 9.59 Å². The van der Waals surface area contributed by atoms with E-state index in [1.807, 2.05) is 32.0 Å². The molecule has 0 saturated heterocycles. The van der Waals surface area contributed by atoms with Gasteiger partial charge in [0.15, 0.2) is 11.5 Å². The quantitative estimate of drug-likeness (QED) is 0.412. The van der Waals surface area contributed by atoms with Crippen LogP contribution in [-0.4, -0.2) is 18.5 Å². The number of Topliss-reactive ketones (excluding diaryl/α,β-unsaturated/α-hetero) is 1. The van der Waals surface area contributed by atoms with E-state index >= 15 is 0 Å². The van der Waals surface area contributed by atoms with Gasteiger partial charge in [-0.25, -0.2) is 0 Å². The first kappa shape index (κ1) is 24.1. The molecule has 5 nitrogen and oxygen atoms in total. The lowest BCUT2D eigenvalue weighted by Gasteiger charge is -2.16. The molecular formula is C31H33NO4. The molecule has 0 radical (unpaired) electrons. The number of carbonyl (C=O) groups excluding carboxylic acids is 2. The maximum absolute atomic E-state index is 13.5. The van der Waals surface area contributed by atoms with E-state index in [1.165, 1.54) is 5.56 Å². The fourth-order valence-corrected chi connectivity index (χ4v) is 4.84. The molecule has 1 N–H and O–H groups in total. The predicted octanol–water partition coefficient (Wildman–Crippen LogP) is 5.90. The van der Waals surface area contributed by atoms with Gasteiger partial charge < -0.3 is 14.8 Å². The first-order chi connectivity index (χ1) is 17.4. The molecule has 0 spiro atoms. The van der Waals surface area contributed by atoms with Gasteiger partial charge in [0.1, 0.15) is 5.78 Å². The summed E-state index contributed by atoms with van der Waals surface area (Å²) in [5.74, 6) is 1.84. The summed E-state index contributed by atoms with van der Waals surface area (Å²) in [6.07, 6.45) is 2.99. The highest BCUT2D eigenvalue weighted by atomic mass is 16.7. The molecule has 3 aromatic rings. The zero-order chi connectivity index (χ0) is 25.3. The Kier molecular flexibility index (Phi) is 6.57. The molecule has 1 aliphatic carbocycles. The van der Waals surface area contributed by atoms with E-state index < -0.39 is 5.41 Å². The minimum atomic E-state index is -0.409. The van der Waals surface area contributed by atoms with Gasteiger partial charge in [0, 0.05) is 18.9 Å². The van der Waals surface area contributed by atoms with Crippen molar-refractivity contribution in [1.82, 2.24) is 5.32 Å². The van der Waals surface area contributed by atoms with Gasteiger partial charge in [0.25, 0.3) is 0 Å². The molecule has 1 fully saturated rings. The minimum absolute atomic E-state index is 0.0252. The fourth-order valence-electron chi connectivity index (χ4n) is 4.84. The molecule has 5 heteroatoms. The third kappa shape index (κ3) is 4.75. The smallest absolute Gasteiger partial charge is 0.231 e. The van der Waals surface area contributed by atoms with E-state index in [1.54, 1.807) is 0 Å². The number of aryl methyl sites for hydroxylation is 1. The Morgan fingerprint density at radius 2 is 1.67 bits per heavy atom. The highest BCUT2D eigenvalue weighted by Crippen LogP contribution is 2.51. The van der Waals surface area contributed by atoms with Gasteiger partial charge in [0.2, 0.25) is 12.7 Å². The van der Waals surface area contributed by atoms with E-state index in [0.717, 1.165) is 58.6 Å². The third-order valence-corrected chi connectivity index (χ3v) is 7.67. The van der Waals surface area contributed by atoms with Crippen molar-refractivity contribution < 1.29 is 19.1 Å². The second-order valence-electron chi connectivity index (χ2n) is 10.1. The van der Waals surface area contributed by atoms with Crippen LogP contribution in [0.15, 0.2) is 60.7 Å². The van der Waals surface area contributed by atoms with E-state index in [9.17, 15) is 9.59 Å². The first-order valence-electron chi connectivity index (χ1n) is 12.8. The monoisotopic (exact) mass is 483 g/mol. The van der Waals surface area contributed by atoms with Gasteiger partial charge in [0.05, 0.1) is 5.41 Å². The number of fused-ring (bicyclic) bond motifs is 1. The fraction of sp³-hybridized carbons (Fsp3) is 0.355. The molecule has 36 heavy (non-hydrogen) atoms. The topological polar surface area (TPSA) is 64.6 Å². The number of benzene rings is 3. The molecule has 1 atom stereocenters. The number of ketones is 1. The van der Waals surface area contributed by atoms with Gasteiger partial charge in [-0.05, 0) is 71.7 Å². The van der Waals surface area contributed by atoms with Crippen LogP contribution in [0.25, 0.3) is 11.1 Å². The zero-order valence-electron chi connectivity index (χ0n) is 21.2. The van der Waals surface area contributed by atoms with Crippen LogP contribution < -0.4 is 14.8 Å². The summed E-state index contributed by atoms with van der Waals surface area (Å²) in [5.41, 5.74) is 6.12. The molecule has 1 saturated carbocycles. The first-order valence-corrected chi connectivity index (χ1v) is 12.8. The Bertz CT molecular complexity index is 1290. The Morgan fingerprint density at radius 1 is 0.944 bits per heavy atom. The minimum Gasteiger partial charge on any atom is -0.454 e. The van der Waals surface area contributed by atoms with Crippen LogP contribution in [0.2, 0.25) is 0 Å². The Labute approximate surface area is 212 Å². The molecule has 5 rings (SSSR count). The largest absolute Gasteiger partial charge is 0.454 e. The average molecular weight is 484 g/mol. The van der Waals surface area contributed by atoms with Crippen LogP contribution in [0, 0.1) is 12.8 Å². The van der Waals surface area contributed by atoms with Crippen molar-refractivity contribution in [3.8, 4) is 22.6 Å². The maximum Gasteiger partial charge on any atom is 0.231 e. The number of hydrogen-bond donors (Lipinski definition) is 1. The summed E-state index contributed by atoms with van der Waals surface area (Å²) in [6, 6.07) is 20.5. The predicted molar refractivity (Wildman–Crippen MR) is 140 cm³/mol. The van der Waals surface area contributed by atoms with Crippen LogP contribution in [0.5, 0.6) is 11.5 Å². The van der Waals surface area contributed by atoms with Crippen LogP contribution in [0.3, 0.4) is 0 Å². The number of hydrogen-bond acceptors (Lipinski definition) is 4. The lowest BCUT2D eigenvalue weighted by molar-refractivity contribution is -0.124. The molecule has 1 unspecified atom stereocenters. The standard InChI is InChI=1S/C31H33NO4/c1-4-20(2)30(34)32-18-22-7-9-24(10-8-22)26-15-23(6-5-21(26)3)16-29(33)31(13-14-31)25-11-12-27-28(17-25)36-19-35-27/h5-12,15,17,20H,4,13-14,16,18-19H2,1-3H3,(H,32,34). The van der Waals surface area contributed by atoms with Crippen LogP contribution in [0.4, 0.5) is 0 Å². The molecule has 0 bridgehead atoms. The third-order valence-electron chi connectivity index (χ3n) is 7.67. The number of amides is 1. The van der Waals surface area contributed by atoms with Gasteiger partial charge in [-0.2, -0.15) is 0 Å². The van der Waals surface area contributed by atoms with Crippen LogP contribution in [0.1, 0.15) is 55.4 Å². The van der Waals surface area contributed by atoms with Crippen LogP contribution in [-0.2, 0) is 28.0 Å². The number of carbonyl (C=O) groups is 2. The molecule has 1 aliphatic heterocycles. The molecule has 1 heterocycles. The van der Waals surface area contributed by atoms with E-state index in [-0.39, 0.29) is 24.4 Å². The van der Waals surface area contributed by atoms with E-state index in [2.05, 4.69) is 54.7 Å². The summed E-state index contributed by atoms with van der Waals surface area (Å²) < 4.78 is 11.0. The van der Waals surface area contributed by atoms with Gasteiger partial charge in [-0.1, -0.05) is 62.4 Å². The molecule has 0 aromatic heterocycles. The van der Waals surface area contributed by atoms with Crippen molar-refractivity contribution in [2.24, 2.45) is 5.92 Å². The summed E-state index contributed by atoms with van der Waals surface area (Å²) in [6.45, 7) is 6.82. The van der Waals surface area contributed by atoms with Crippen LogP contribution >= 0.6 is 0 Å². The summed E-state index contributed by atoms with van der Waals surface area (Å²) in [4.78, 5) is 25.5. The molecule has 1 amide bonds. The van der Waals surface area contributed by atoms with Crippen molar-refractivity contribution in [3.05, 3.63) is 82.9 Å². The highest BCUT2D eigenvalue weighted by Gasteiger charge is 2.50. The van der Waals surface area contributed by atoms with Gasteiger partial charge >= 0.3 is 0 Å².